The van der Waals surface area contributed by atoms with Gasteiger partial charge >= 0.3 is 0 Å². The van der Waals surface area contributed by atoms with E-state index in [-0.39, 0.29) is 0 Å². The minimum absolute atomic E-state index is 0.445. The molecule has 0 saturated heterocycles. The second kappa shape index (κ2) is 3.42. The molecule has 0 aromatic carbocycles. The fraction of sp³-hybridized carbons (Fsp3) is 0.800. The van der Waals surface area contributed by atoms with Crippen molar-refractivity contribution in [1.29, 1.82) is 0 Å². The summed E-state index contributed by atoms with van der Waals surface area (Å²) in [6.45, 7) is 4.23. The van der Waals surface area contributed by atoms with Crippen molar-refractivity contribution < 1.29 is 4.84 Å². The third-order valence-corrected chi connectivity index (χ3v) is 1.05. The number of hydrogen-bond acceptors (Lipinski definition) is 4. The Hall–Kier alpha value is -0.610. The highest BCUT2D eigenvalue weighted by Crippen LogP contribution is 1.83. The zero-order chi connectivity index (χ0) is 6.53. The highest BCUT2D eigenvalue weighted by Gasteiger charge is 2.02. The van der Waals surface area contributed by atoms with E-state index in [2.05, 4.69) is 22.7 Å². The van der Waals surface area contributed by atoms with Gasteiger partial charge in [0, 0.05) is 0 Å². The van der Waals surface area contributed by atoms with Crippen molar-refractivity contribution in [1.82, 2.24) is 10.8 Å². The van der Waals surface area contributed by atoms with Crippen molar-refractivity contribution in [3.8, 4) is 0 Å². The van der Waals surface area contributed by atoms with Crippen molar-refractivity contribution in [2.75, 3.05) is 19.8 Å². The predicted octanol–water partition coefficient (Wildman–Crippen LogP) is -0.513. The first-order valence-electron chi connectivity index (χ1n) is 3.05. The third-order valence-electron chi connectivity index (χ3n) is 1.05. The van der Waals surface area contributed by atoms with Crippen LogP contribution in [0.4, 0.5) is 0 Å². The van der Waals surface area contributed by atoms with Crippen LogP contribution in [0.15, 0.2) is 4.99 Å². The molecule has 52 valence electrons. The van der Waals surface area contributed by atoms with Gasteiger partial charge in [-0.25, -0.2) is 10.5 Å². The fourth-order valence-electron chi connectivity index (χ4n) is 0.593. The van der Waals surface area contributed by atoms with Crippen LogP contribution in [0.25, 0.3) is 0 Å². The molecular weight excluding hydrogens is 118 g/mol. The smallest absolute Gasteiger partial charge is 0.166 e. The van der Waals surface area contributed by atoms with E-state index in [1.54, 1.807) is 0 Å². The summed E-state index contributed by atoms with van der Waals surface area (Å²) in [7, 11) is 0. The van der Waals surface area contributed by atoms with Crippen molar-refractivity contribution in [2.24, 2.45) is 4.99 Å². The van der Waals surface area contributed by atoms with Gasteiger partial charge in [-0.1, -0.05) is 6.92 Å². The van der Waals surface area contributed by atoms with Crippen molar-refractivity contribution in [2.45, 2.75) is 6.92 Å². The summed E-state index contributed by atoms with van der Waals surface area (Å²) in [6.07, 6.45) is 0. The predicted molar refractivity (Wildman–Crippen MR) is 35.1 cm³/mol. The Morgan fingerprint density at radius 3 is 3.33 bits per heavy atom. The maximum atomic E-state index is 4.76. The standard InChI is InChI=1S/C5H11N3O/c1-2-6-3-5-7-4-9-8-5/h6H,2-4H2,1H3,(H,7,8). The van der Waals surface area contributed by atoms with E-state index in [0.717, 1.165) is 18.9 Å². The van der Waals surface area contributed by atoms with Crippen LogP contribution in [0.2, 0.25) is 0 Å². The van der Waals surface area contributed by atoms with E-state index in [1.807, 2.05) is 0 Å². The van der Waals surface area contributed by atoms with Gasteiger partial charge in [-0.2, -0.15) is 0 Å². The Balaban J connectivity index is 2.11. The molecule has 0 aromatic heterocycles. The van der Waals surface area contributed by atoms with Gasteiger partial charge in [-0.15, -0.1) is 0 Å². The maximum Gasteiger partial charge on any atom is 0.166 e. The summed E-state index contributed by atoms with van der Waals surface area (Å²) in [6, 6.07) is 0. The lowest BCUT2D eigenvalue weighted by atomic mass is 10.5. The molecule has 0 amide bonds. The number of hydroxylamine groups is 1. The van der Waals surface area contributed by atoms with Crippen LogP contribution in [-0.4, -0.2) is 25.7 Å². The van der Waals surface area contributed by atoms with Crippen molar-refractivity contribution in [3.05, 3.63) is 0 Å². The van der Waals surface area contributed by atoms with Gasteiger partial charge in [0.25, 0.3) is 0 Å². The van der Waals surface area contributed by atoms with E-state index in [4.69, 9.17) is 4.84 Å². The number of nitrogens with zero attached hydrogens (tertiary/aromatic N) is 1. The first-order chi connectivity index (χ1) is 4.43. The molecule has 0 unspecified atom stereocenters. The molecule has 1 heterocycles. The van der Waals surface area contributed by atoms with Gasteiger partial charge in [0.15, 0.2) is 6.73 Å². The Labute approximate surface area is 54.3 Å². The molecule has 0 atom stereocenters. The monoisotopic (exact) mass is 129 g/mol. The molecule has 0 aliphatic carbocycles. The van der Waals surface area contributed by atoms with Crippen LogP contribution in [0.3, 0.4) is 0 Å². The second-order valence-corrected chi connectivity index (χ2v) is 1.76. The maximum absolute atomic E-state index is 4.76. The molecule has 9 heavy (non-hydrogen) atoms. The minimum Gasteiger partial charge on any atom is -0.310 e. The number of hydrogen-bond donors (Lipinski definition) is 2. The number of nitrogens with one attached hydrogen (secondary N) is 2. The van der Waals surface area contributed by atoms with Crippen LogP contribution in [0, 0.1) is 0 Å². The molecule has 4 heteroatoms. The first-order valence-corrected chi connectivity index (χ1v) is 3.05. The van der Waals surface area contributed by atoms with E-state index in [9.17, 15) is 0 Å². The molecule has 0 spiro atoms. The molecule has 1 rings (SSSR count). The molecule has 2 N–H and O–H groups in total. The Morgan fingerprint density at radius 2 is 2.78 bits per heavy atom. The average molecular weight is 129 g/mol. The van der Waals surface area contributed by atoms with Crippen LogP contribution in [-0.2, 0) is 4.84 Å². The molecule has 0 aromatic rings. The van der Waals surface area contributed by atoms with Crippen molar-refractivity contribution in [3.63, 3.8) is 0 Å². The summed E-state index contributed by atoms with van der Waals surface area (Å²) in [5.74, 6) is 0.886. The SMILES string of the molecule is CCNCC1=NCON1. The summed E-state index contributed by atoms with van der Waals surface area (Å²) in [5.41, 5.74) is 2.68. The lowest BCUT2D eigenvalue weighted by Gasteiger charge is -1.99. The zero-order valence-corrected chi connectivity index (χ0v) is 5.48. The highest BCUT2D eigenvalue weighted by molar-refractivity contribution is 5.83. The summed E-state index contributed by atoms with van der Waals surface area (Å²) >= 11 is 0. The Morgan fingerprint density at radius 1 is 1.89 bits per heavy atom. The topological polar surface area (TPSA) is 45.7 Å². The largest absolute Gasteiger partial charge is 0.310 e. The van der Waals surface area contributed by atoms with Crippen LogP contribution in [0.1, 0.15) is 6.92 Å². The lowest BCUT2D eigenvalue weighted by Crippen LogP contribution is -2.29. The number of amidine groups is 1. The van der Waals surface area contributed by atoms with E-state index in [0.29, 0.717) is 6.73 Å². The van der Waals surface area contributed by atoms with Gasteiger partial charge in [0.1, 0.15) is 5.84 Å². The lowest BCUT2D eigenvalue weighted by molar-refractivity contribution is 0.114. The number of rotatable bonds is 3. The summed E-state index contributed by atoms with van der Waals surface area (Å²) in [4.78, 5) is 8.75. The molecule has 4 nitrogen and oxygen atoms in total. The van der Waals surface area contributed by atoms with Gasteiger partial charge in [-0.3, -0.25) is 4.84 Å². The molecule has 0 fully saturated rings. The van der Waals surface area contributed by atoms with Crippen molar-refractivity contribution >= 4 is 5.84 Å². The molecule has 1 aliphatic heterocycles. The molecule has 0 saturated carbocycles. The molecule has 1 aliphatic rings. The van der Waals surface area contributed by atoms with Gasteiger partial charge in [-0.05, 0) is 6.54 Å². The normalized spacial score (nSPS) is 17.2. The third kappa shape index (κ3) is 1.99. The summed E-state index contributed by atoms with van der Waals surface area (Å²) < 4.78 is 0. The van der Waals surface area contributed by atoms with Crippen LogP contribution >= 0.6 is 0 Å². The Bertz CT molecular complexity index is 113. The van der Waals surface area contributed by atoms with E-state index >= 15 is 0 Å². The fourth-order valence-corrected chi connectivity index (χ4v) is 0.593. The van der Waals surface area contributed by atoms with E-state index < -0.39 is 0 Å². The first kappa shape index (κ1) is 6.51. The highest BCUT2D eigenvalue weighted by atomic mass is 16.7. The second-order valence-electron chi connectivity index (χ2n) is 1.76. The molecule has 0 bridgehead atoms. The van der Waals surface area contributed by atoms with E-state index in [1.165, 1.54) is 0 Å². The molecular formula is C5H11N3O. The zero-order valence-electron chi connectivity index (χ0n) is 5.48. The van der Waals surface area contributed by atoms with Gasteiger partial charge in [0.05, 0.1) is 6.54 Å². The quantitative estimate of drug-likeness (QED) is 0.539. The van der Waals surface area contributed by atoms with Crippen LogP contribution in [0.5, 0.6) is 0 Å². The Kier molecular flexibility index (Phi) is 2.48. The molecule has 0 radical (unpaired) electrons. The minimum atomic E-state index is 0.445. The average Bonchev–Trinajstić information content (AvgIpc) is 2.34. The van der Waals surface area contributed by atoms with Gasteiger partial charge < -0.3 is 5.32 Å². The van der Waals surface area contributed by atoms with Gasteiger partial charge in [0.2, 0.25) is 0 Å². The van der Waals surface area contributed by atoms with Crippen LogP contribution < -0.4 is 10.8 Å². The number of likely N-dealkylation sites (N-methyl/N-ethyl adjacent to an activating group) is 1. The summed E-state index contributed by atoms with van der Waals surface area (Å²) in [5, 5.41) is 3.12. The number of aliphatic imine (C=N–C) groups is 1.